The standard InChI is InChI=1S/C18H13F3N4O/c19-14-7-8-15(18(21)17(14)20)22-16(26)9-6-13-11-25(24-23-13)10-12-4-2-1-3-5-12/h1-9,11H,10H2,(H,22,26)/b9-6+. The van der Waals surface area contributed by atoms with Crippen LogP contribution in [0.1, 0.15) is 11.3 Å². The zero-order chi connectivity index (χ0) is 18.5. The van der Waals surface area contributed by atoms with Gasteiger partial charge in [-0.1, -0.05) is 35.5 Å². The normalized spacial score (nSPS) is 11.0. The molecule has 1 amide bonds. The number of aromatic nitrogens is 3. The van der Waals surface area contributed by atoms with Gasteiger partial charge in [-0.25, -0.2) is 17.9 Å². The van der Waals surface area contributed by atoms with Gasteiger partial charge in [-0.3, -0.25) is 4.79 Å². The van der Waals surface area contributed by atoms with Gasteiger partial charge in [-0.05, 0) is 23.8 Å². The fourth-order valence-corrected chi connectivity index (χ4v) is 2.20. The highest BCUT2D eigenvalue weighted by Gasteiger charge is 2.14. The zero-order valence-corrected chi connectivity index (χ0v) is 13.4. The molecular weight excluding hydrogens is 345 g/mol. The number of nitrogens with zero attached hydrogens (tertiary/aromatic N) is 3. The second-order valence-electron chi connectivity index (χ2n) is 5.37. The molecule has 1 N–H and O–H groups in total. The van der Waals surface area contributed by atoms with E-state index in [9.17, 15) is 18.0 Å². The fourth-order valence-electron chi connectivity index (χ4n) is 2.20. The van der Waals surface area contributed by atoms with E-state index >= 15 is 0 Å². The minimum Gasteiger partial charge on any atom is -0.320 e. The summed E-state index contributed by atoms with van der Waals surface area (Å²) >= 11 is 0. The largest absolute Gasteiger partial charge is 0.320 e. The molecule has 0 fully saturated rings. The summed E-state index contributed by atoms with van der Waals surface area (Å²) in [5.41, 5.74) is 1.01. The lowest BCUT2D eigenvalue weighted by Crippen LogP contribution is -2.10. The minimum absolute atomic E-state index is 0.418. The smallest absolute Gasteiger partial charge is 0.248 e. The molecule has 0 saturated heterocycles. The van der Waals surface area contributed by atoms with Gasteiger partial charge >= 0.3 is 0 Å². The van der Waals surface area contributed by atoms with Gasteiger partial charge in [-0.15, -0.1) is 5.10 Å². The SMILES string of the molecule is O=C(/C=C/c1cn(Cc2ccccc2)nn1)Nc1ccc(F)c(F)c1F. The average Bonchev–Trinajstić information content (AvgIpc) is 3.09. The molecule has 3 rings (SSSR count). The predicted molar refractivity (Wildman–Crippen MR) is 89.5 cm³/mol. The van der Waals surface area contributed by atoms with Gasteiger partial charge in [-0.2, -0.15) is 0 Å². The number of nitrogens with one attached hydrogen (secondary N) is 1. The highest BCUT2D eigenvalue weighted by Crippen LogP contribution is 2.19. The number of hydrogen-bond acceptors (Lipinski definition) is 3. The van der Waals surface area contributed by atoms with E-state index in [4.69, 9.17) is 0 Å². The van der Waals surface area contributed by atoms with Crippen LogP contribution >= 0.6 is 0 Å². The van der Waals surface area contributed by atoms with Crippen LogP contribution in [0.25, 0.3) is 6.08 Å². The molecule has 5 nitrogen and oxygen atoms in total. The van der Waals surface area contributed by atoms with E-state index < -0.39 is 29.0 Å². The molecule has 3 aromatic rings. The number of halogens is 3. The molecule has 0 radical (unpaired) electrons. The Morgan fingerprint density at radius 2 is 1.85 bits per heavy atom. The summed E-state index contributed by atoms with van der Waals surface area (Å²) in [5.74, 6) is -5.14. The van der Waals surface area contributed by atoms with Crippen LogP contribution in [0.15, 0.2) is 54.7 Å². The van der Waals surface area contributed by atoms with Crippen molar-refractivity contribution in [3.8, 4) is 0 Å². The highest BCUT2D eigenvalue weighted by atomic mass is 19.2. The lowest BCUT2D eigenvalue weighted by atomic mass is 10.2. The second kappa shape index (κ2) is 7.64. The van der Waals surface area contributed by atoms with Crippen molar-refractivity contribution in [2.75, 3.05) is 5.32 Å². The number of rotatable bonds is 5. The molecule has 0 aliphatic carbocycles. The summed E-state index contributed by atoms with van der Waals surface area (Å²) in [6, 6.07) is 11.3. The Bertz CT molecular complexity index is 954. The monoisotopic (exact) mass is 358 g/mol. The molecule has 1 heterocycles. The van der Waals surface area contributed by atoms with Gasteiger partial charge in [0.25, 0.3) is 0 Å². The predicted octanol–water partition coefficient (Wildman–Crippen LogP) is 3.40. The molecule has 132 valence electrons. The first-order chi connectivity index (χ1) is 12.5. The van der Waals surface area contributed by atoms with Crippen molar-refractivity contribution < 1.29 is 18.0 Å². The Labute approximate surface area is 146 Å². The van der Waals surface area contributed by atoms with Crippen molar-refractivity contribution in [2.45, 2.75) is 6.54 Å². The van der Waals surface area contributed by atoms with E-state index in [2.05, 4.69) is 15.6 Å². The van der Waals surface area contributed by atoms with Gasteiger partial charge < -0.3 is 5.32 Å². The first-order valence-corrected chi connectivity index (χ1v) is 7.59. The Kier molecular flexibility index (Phi) is 5.12. The van der Waals surface area contributed by atoms with Crippen LogP contribution in [0, 0.1) is 17.5 Å². The molecule has 2 aromatic carbocycles. The number of anilines is 1. The zero-order valence-electron chi connectivity index (χ0n) is 13.4. The third-order valence-electron chi connectivity index (χ3n) is 3.44. The number of hydrogen-bond donors (Lipinski definition) is 1. The number of benzene rings is 2. The van der Waals surface area contributed by atoms with Gasteiger partial charge in [0.1, 0.15) is 5.69 Å². The highest BCUT2D eigenvalue weighted by molar-refractivity contribution is 6.01. The second-order valence-corrected chi connectivity index (χ2v) is 5.37. The summed E-state index contributed by atoms with van der Waals surface area (Å²) in [6.45, 7) is 0.522. The quantitative estimate of drug-likeness (QED) is 0.562. The third kappa shape index (κ3) is 4.15. The van der Waals surface area contributed by atoms with Crippen LogP contribution in [0.5, 0.6) is 0 Å². The molecule has 8 heteroatoms. The van der Waals surface area contributed by atoms with Crippen LogP contribution in [-0.4, -0.2) is 20.9 Å². The van der Waals surface area contributed by atoms with Gasteiger partial charge in [0.2, 0.25) is 5.91 Å². The van der Waals surface area contributed by atoms with E-state index in [1.807, 2.05) is 30.3 Å². The maximum Gasteiger partial charge on any atom is 0.248 e. The van der Waals surface area contributed by atoms with Crippen LogP contribution in [-0.2, 0) is 11.3 Å². The summed E-state index contributed by atoms with van der Waals surface area (Å²) in [4.78, 5) is 11.8. The van der Waals surface area contributed by atoms with Gasteiger partial charge in [0.05, 0.1) is 18.4 Å². The number of carbonyl (C=O) groups is 1. The van der Waals surface area contributed by atoms with Crippen LogP contribution < -0.4 is 5.32 Å². The summed E-state index contributed by atoms with van der Waals surface area (Å²) in [5, 5.41) is 9.97. The van der Waals surface area contributed by atoms with Crippen LogP contribution in [0.3, 0.4) is 0 Å². The number of carbonyl (C=O) groups excluding carboxylic acids is 1. The Balaban J connectivity index is 1.63. The average molecular weight is 358 g/mol. The summed E-state index contributed by atoms with van der Waals surface area (Å²) < 4.78 is 41.1. The molecule has 0 atom stereocenters. The van der Waals surface area contributed by atoms with Crippen LogP contribution in [0.4, 0.5) is 18.9 Å². The first kappa shape index (κ1) is 17.4. The molecule has 1 aromatic heterocycles. The molecular formula is C18H13F3N4O. The molecule has 0 saturated carbocycles. The lowest BCUT2D eigenvalue weighted by Gasteiger charge is -2.04. The van der Waals surface area contributed by atoms with E-state index in [-0.39, 0.29) is 0 Å². The number of amides is 1. The van der Waals surface area contributed by atoms with E-state index in [1.165, 1.54) is 6.08 Å². The Hall–Kier alpha value is -3.42. The van der Waals surface area contributed by atoms with Gasteiger partial charge in [0.15, 0.2) is 17.5 Å². The summed E-state index contributed by atoms with van der Waals surface area (Å²) in [7, 11) is 0. The maximum atomic E-state index is 13.5. The lowest BCUT2D eigenvalue weighted by molar-refractivity contribution is -0.111. The Morgan fingerprint density at radius 1 is 1.08 bits per heavy atom. The topological polar surface area (TPSA) is 59.8 Å². The Morgan fingerprint density at radius 3 is 2.62 bits per heavy atom. The van der Waals surface area contributed by atoms with Crippen molar-refractivity contribution in [3.63, 3.8) is 0 Å². The van der Waals surface area contributed by atoms with Crippen molar-refractivity contribution in [1.29, 1.82) is 0 Å². The van der Waals surface area contributed by atoms with Crippen molar-refractivity contribution in [2.24, 2.45) is 0 Å². The molecule has 0 spiro atoms. The van der Waals surface area contributed by atoms with E-state index in [0.29, 0.717) is 12.2 Å². The first-order valence-electron chi connectivity index (χ1n) is 7.59. The van der Waals surface area contributed by atoms with Gasteiger partial charge in [0, 0.05) is 6.08 Å². The van der Waals surface area contributed by atoms with Crippen molar-refractivity contribution in [3.05, 3.63) is 83.4 Å². The fraction of sp³-hybridized carbons (Fsp3) is 0.0556. The van der Waals surface area contributed by atoms with Crippen molar-refractivity contribution >= 4 is 17.7 Å². The van der Waals surface area contributed by atoms with Crippen molar-refractivity contribution in [1.82, 2.24) is 15.0 Å². The van der Waals surface area contributed by atoms with Crippen LogP contribution in [0.2, 0.25) is 0 Å². The molecule has 0 aliphatic rings. The van der Waals surface area contributed by atoms with E-state index in [0.717, 1.165) is 23.8 Å². The third-order valence-corrected chi connectivity index (χ3v) is 3.44. The van der Waals surface area contributed by atoms with E-state index in [1.54, 1.807) is 10.9 Å². The molecule has 0 bridgehead atoms. The molecule has 0 aliphatic heterocycles. The summed E-state index contributed by atoms with van der Waals surface area (Å²) in [6.07, 6.45) is 4.11. The molecule has 0 unspecified atom stereocenters. The molecule has 26 heavy (non-hydrogen) atoms. The minimum atomic E-state index is -1.64. The maximum absolute atomic E-state index is 13.5.